The van der Waals surface area contributed by atoms with Crippen LogP contribution in [0.4, 0.5) is 11.4 Å². The fourth-order valence-electron chi connectivity index (χ4n) is 7.77. The molecule has 21 heteroatoms. The van der Waals surface area contributed by atoms with Gasteiger partial charge in [0.05, 0.1) is 26.7 Å². The summed E-state index contributed by atoms with van der Waals surface area (Å²) in [5.41, 5.74) is 7.31. The van der Waals surface area contributed by atoms with Gasteiger partial charge in [0, 0.05) is 60.4 Å². The van der Waals surface area contributed by atoms with Crippen molar-refractivity contribution in [1.29, 1.82) is 0 Å². The molecular weight excluding hydrogens is 861 g/mol. The number of hydrogen-bond donors (Lipinski definition) is 5. The van der Waals surface area contributed by atoms with E-state index in [4.69, 9.17) is 5.73 Å². The van der Waals surface area contributed by atoms with Crippen molar-refractivity contribution in [1.82, 2.24) is 5.32 Å². The standard InChI is InChI=1S/C39H54N4O13S4/c1-38(2)31-27-29(59(51,52)53)16-18-33(31)42(23-11-25-57(45,46)47)35(38)13-6-4-7-14-36-39(3,20-9-5-8-15-37(44)41-22-10-21-40)32-28-30(60(54,55)56)17-19-34(32)43(36)24-12-26-58(48,49)50/h4,6-7,13-14,16-19,27-28H,5,8-12,15,20-26,40H2,1-3H3,(H4-,41,44,45,46,47,48,49,50,51,52,53,54,55,56). The number of nitrogens with zero attached hydrogens (tertiary/aromatic N) is 2. The number of anilines is 1. The first kappa shape index (κ1) is 48.9. The second kappa shape index (κ2) is 19.5. The second-order valence-corrected chi connectivity index (χ2v) is 21.5. The van der Waals surface area contributed by atoms with Gasteiger partial charge in [-0.3, -0.25) is 18.5 Å². The molecule has 2 aromatic rings. The lowest BCUT2D eigenvalue weighted by molar-refractivity contribution is -0.437. The topological polar surface area (TPSA) is 282 Å². The van der Waals surface area contributed by atoms with Crippen molar-refractivity contribution in [3.05, 3.63) is 83.6 Å². The molecule has 0 bridgehead atoms. The lowest BCUT2D eigenvalue weighted by atomic mass is 9.77. The average molecular weight is 915 g/mol. The van der Waals surface area contributed by atoms with Crippen LogP contribution in [-0.4, -0.2) is 106 Å². The number of unbranched alkanes of at least 4 members (excludes halogenated alkanes) is 2. The Hall–Kier alpha value is -3.80. The van der Waals surface area contributed by atoms with Crippen molar-refractivity contribution in [2.75, 3.05) is 42.6 Å². The summed E-state index contributed by atoms with van der Waals surface area (Å²) in [5.74, 6) is -1.14. The molecule has 2 aliphatic rings. The van der Waals surface area contributed by atoms with E-state index in [1.165, 1.54) is 36.4 Å². The van der Waals surface area contributed by atoms with E-state index in [2.05, 4.69) is 5.32 Å². The van der Waals surface area contributed by atoms with Crippen LogP contribution in [0, 0.1) is 0 Å². The summed E-state index contributed by atoms with van der Waals surface area (Å²) in [6.45, 7) is 6.76. The van der Waals surface area contributed by atoms with Crippen molar-refractivity contribution in [3.63, 3.8) is 0 Å². The molecule has 60 heavy (non-hydrogen) atoms. The Bertz CT molecular complexity index is 2510. The van der Waals surface area contributed by atoms with Gasteiger partial charge in [0.15, 0.2) is 5.71 Å². The number of allylic oxidation sites excluding steroid dienone is 6. The molecule has 6 N–H and O–H groups in total. The Morgan fingerprint density at radius 1 is 0.817 bits per heavy atom. The molecule has 4 rings (SSSR count). The summed E-state index contributed by atoms with van der Waals surface area (Å²) >= 11 is 0. The van der Waals surface area contributed by atoms with Crippen molar-refractivity contribution in [3.8, 4) is 0 Å². The number of benzene rings is 2. The van der Waals surface area contributed by atoms with E-state index in [-0.39, 0.29) is 36.7 Å². The van der Waals surface area contributed by atoms with E-state index in [0.29, 0.717) is 85.5 Å². The van der Waals surface area contributed by atoms with Crippen LogP contribution in [0.15, 0.2) is 82.3 Å². The van der Waals surface area contributed by atoms with E-state index in [1.807, 2.05) is 30.2 Å². The maximum absolute atomic E-state index is 12.3. The largest absolute Gasteiger partial charge is 0.744 e. The SMILES string of the molecule is CC1(C)C(/C=C/C=C/C=C2/N(CCCS(=O)(=O)O)c3ccc(S(=O)(=O)[O-])cc3C2(C)CCCCCC(=O)NCCCN)=[N+](CCCS(=O)(=O)O)c2ccc(S(=O)(=O)O)cc21. The number of amides is 1. The molecule has 1 unspecified atom stereocenters. The highest BCUT2D eigenvalue weighted by molar-refractivity contribution is 7.86. The third kappa shape index (κ3) is 12.6. The summed E-state index contributed by atoms with van der Waals surface area (Å²) in [5, 5.41) is 2.82. The molecule has 1 amide bonds. The molecular formula is C39H54N4O13S4. The van der Waals surface area contributed by atoms with Crippen LogP contribution in [0.2, 0.25) is 0 Å². The monoisotopic (exact) mass is 914 g/mol. The summed E-state index contributed by atoms with van der Waals surface area (Å²) in [6.07, 6.45) is 12.0. The molecule has 332 valence electrons. The van der Waals surface area contributed by atoms with Gasteiger partial charge >= 0.3 is 0 Å². The minimum atomic E-state index is -4.85. The lowest BCUT2D eigenvalue weighted by Gasteiger charge is -2.30. The number of fused-ring (bicyclic) bond motifs is 2. The first-order chi connectivity index (χ1) is 27.8. The number of nitrogens with two attached hydrogens (primary N) is 1. The van der Waals surface area contributed by atoms with Gasteiger partial charge in [-0.2, -0.15) is 29.8 Å². The van der Waals surface area contributed by atoms with E-state index < -0.39 is 67.7 Å². The fourth-order valence-corrected chi connectivity index (χ4v) is 9.77. The molecule has 0 saturated carbocycles. The van der Waals surface area contributed by atoms with Crippen molar-refractivity contribution < 1.29 is 61.3 Å². The van der Waals surface area contributed by atoms with E-state index in [1.54, 1.807) is 30.4 Å². The van der Waals surface area contributed by atoms with Crippen molar-refractivity contribution >= 4 is 63.5 Å². The van der Waals surface area contributed by atoms with E-state index in [0.717, 1.165) is 0 Å². The van der Waals surface area contributed by atoms with Crippen LogP contribution in [0.25, 0.3) is 0 Å². The van der Waals surface area contributed by atoms with E-state index >= 15 is 0 Å². The quantitative estimate of drug-likeness (QED) is 0.0484. The minimum absolute atomic E-state index is 0.0108. The fraction of sp³-hybridized carbons (Fsp3) is 0.487. The Morgan fingerprint density at radius 2 is 1.47 bits per heavy atom. The predicted molar refractivity (Wildman–Crippen MR) is 226 cm³/mol. The number of rotatable bonds is 22. The molecule has 0 saturated heterocycles. The average Bonchev–Trinajstić information content (AvgIpc) is 3.48. The molecule has 0 aliphatic carbocycles. The highest BCUT2D eigenvalue weighted by Gasteiger charge is 2.45. The molecule has 2 heterocycles. The van der Waals surface area contributed by atoms with Gasteiger partial charge in [-0.05, 0) is 95.0 Å². The molecule has 0 aromatic heterocycles. The Balaban J connectivity index is 1.73. The Morgan fingerprint density at radius 3 is 2.10 bits per heavy atom. The predicted octanol–water partition coefficient (Wildman–Crippen LogP) is 3.96. The van der Waals surface area contributed by atoms with Gasteiger partial charge in [0.2, 0.25) is 11.6 Å². The summed E-state index contributed by atoms with van der Waals surface area (Å²) in [7, 11) is -18.0. The molecule has 17 nitrogen and oxygen atoms in total. The Labute approximate surface area is 353 Å². The second-order valence-electron chi connectivity index (χ2n) is 15.6. The number of hydrogen-bond acceptors (Lipinski definition) is 12. The zero-order chi connectivity index (χ0) is 44.7. The van der Waals surface area contributed by atoms with Gasteiger partial charge in [-0.25, -0.2) is 8.42 Å². The van der Waals surface area contributed by atoms with Crippen LogP contribution in [0.1, 0.15) is 83.3 Å². The van der Waals surface area contributed by atoms with Crippen LogP contribution < -0.4 is 16.0 Å². The zero-order valence-corrected chi connectivity index (χ0v) is 37.0. The molecule has 0 spiro atoms. The first-order valence-corrected chi connectivity index (χ1v) is 25.4. The smallest absolute Gasteiger partial charge is 0.294 e. The van der Waals surface area contributed by atoms with Gasteiger partial charge in [0.25, 0.3) is 30.4 Å². The number of carbonyl (C=O) groups excluding carboxylic acids is 1. The first-order valence-electron chi connectivity index (χ1n) is 19.4. The molecule has 2 aliphatic heterocycles. The molecule has 1 atom stereocenters. The minimum Gasteiger partial charge on any atom is -0.744 e. The van der Waals surface area contributed by atoms with Crippen LogP contribution in [0.3, 0.4) is 0 Å². The molecule has 0 radical (unpaired) electrons. The highest BCUT2D eigenvalue weighted by atomic mass is 32.2. The normalized spacial score (nSPS) is 18.9. The highest BCUT2D eigenvalue weighted by Crippen LogP contribution is 2.51. The number of carbonyl (C=O) groups is 1. The maximum Gasteiger partial charge on any atom is 0.294 e. The molecule has 2 aromatic carbocycles. The lowest BCUT2D eigenvalue weighted by Crippen LogP contribution is -2.30. The van der Waals surface area contributed by atoms with Gasteiger partial charge in [-0.15, -0.1) is 0 Å². The van der Waals surface area contributed by atoms with Crippen LogP contribution in [-0.2, 0) is 56.1 Å². The summed E-state index contributed by atoms with van der Waals surface area (Å²) in [4.78, 5) is 13.4. The van der Waals surface area contributed by atoms with Gasteiger partial charge in [0.1, 0.15) is 16.7 Å². The zero-order valence-electron chi connectivity index (χ0n) is 33.8. The maximum atomic E-state index is 12.3. The van der Waals surface area contributed by atoms with Crippen molar-refractivity contribution in [2.24, 2.45) is 5.73 Å². The Kier molecular flexibility index (Phi) is 15.9. The third-order valence-corrected chi connectivity index (χ3v) is 14.0. The third-order valence-electron chi connectivity index (χ3n) is 10.7. The van der Waals surface area contributed by atoms with Crippen molar-refractivity contribution in [2.45, 2.75) is 92.8 Å². The van der Waals surface area contributed by atoms with Gasteiger partial charge in [-0.1, -0.05) is 31.1 Å². The summed E-state index contributed by atoms with van der Waals surface area (Å²) < 4.78 is 137. The van der Waals surface area contributed by atoms with Gasteiger partial charge < -0.3 is 20.5 Å². The van der Waals surface area contributed by atoms with Crippen LogP contribution in [0.5, 0.6) is 0 Å². The molecule has 0 fully saturated rings. The van der Waals surface area contributed by atoms with Crippen LogP contribution >= 0.6 is 0 Å². The summed E-state index contributed by atoms with van der Waals surface area (Å²) in [6, 6.07) is 8.16. The van der Waals surface area contributed by atoms with E-state index in [9.17, 15) is 56.7 Å². The number of nitrogens with one attached hydrogen (secondary N) is 1.